The number of nitriles is 1. The highest BCUT2D eigenvalue weighted by molar-refractivity contribution is 7.22. The van der Waals surface area contributed by atoms with Crippen molar-refractivity contribution in [3.8, 4) is 22.2 Å². The average molecular weight is 484 g/mol. The molecule has 9 nitrogen and oxygen atoms in total. The van der Waals surface area contributed by atoms with Crippen LogP contribution in [0, 0.1) is 22.7 Å². The summed E-state index contributed by atoms with van der Waals surface area (Å²) in [5, 5.41) is 15.5. The Bertz CT molecular complexity index is 1570. The van der Waals surface area contributed by atoms with Crippen LogP contribution in [0.5, 0.6) is 0 Å². The molecule has 0 spiro atoms. The van der Waals surface area contributed by atoms with E-state index in [1.807, 2.05) is 6.07 Å². The molecule has 0 radical (unpaired) electrons. The van der Waals surface area contributed by atoms with Gasteiger partial charge in [0, 0.05) is 24.0 Å². The predicted molar refractivity (Wildman–Crippen MR) is 124 cm³/mol. The first kappa shape index (κ1) is 22.3. The molecule has 1 aromatic carbocycles. The third-order valence-corrected chi connectivity index (χ3v) is 6.44. The van der Waals surface area contributed by atoms with Gasteiger partial charge in [0.05, 0.1) is 46.8 Å². The number of benzene rings is 1. The molecule has 0 saturated heterocycles. The van der Waals surface area contributed by atoms with Crippen molar-refractivity contribution >= 4 is 44.5 Å². The van der Waals surface area contributed by atoms with Gasteiger partial charge in [-0.25, -0.2) is 19.3 Å². The first-order valence-corrected chi connectivity index (χ1v) is 10.8. The minimum Gasteiger partial charge on any atom is -0.385 e. The highest BCUT2D eigenvalue weighted by Crippen LogP contribution is 2.36. The predicted octanol–water partition coefficient (Wildman–Crippen LogP) is 4.69. The summed E-state index contributed by atoms with van der Waals surface area (Å²) in [7, 11) is 1.57. The lowest BCUT2D eigenvalue weighted by molar-refractivity contribution is 0.628. The zero-order chi connectivity index (χ0) is 23.7. The molecule has 0 aliphatic heterocycles. The van der Waals surface area contributed by atoms with Gasteiger partial charge >= 0.3 is 5.69 Å². The van der Waals surface area contributed by atoms with Gasteiger partial charge in [-0.3, -0.25) is 14.3 Å². The van der Waals surface area contributed by atoms with Crippen molar-refractivity contribution < 1.29 is 4.39 Å². The number of nitrogens with zero attached hydrogens (tertiary/aromatic N) is 5. The molecule has 12 heteroatoms. The van der Waals surface area contributed by atoms with Crippen molar-refractivity contribution in [1.29, 1.82) is 10.8 Å². The van der Waals surface area contributed by atoms with E-state index in [4.69, 9.17) is 22.4 Å². The number of hydrogen-bond acceptors (Lipinski definition) is 8. The number of rotatable bonds is 6. The molecule has 0 aliphatic carbocycles. The summed E-state index contributed by atoms with van der Waals surface area (Å²) < 4.78 is 16.0. The Hall–Kier alpha value is -3.88. The van der Waals surface area contributed by atoms with Crippen LogP contribution < -0.4 is 16.6 Å². The number of fused-ring (bicyclic) bond motifs is 1. The molecule has 0 unspecified atom stereocenters. The Balaban J connectivity index is 2.08. The molecule has 0 amide bonds. The monoisotopic (exact) mass is 483 g/mol. The van der Waals surface area contributed by atoms with Gasteiger partial charge in [0.25, 0.3) is 5.56 Å². The van der Waals surface area contributed by atoms with Crippen LogP contribution in [0.2, 0.25) is 5.02 Å². The third-order valence-electron chi connectivity index (χ3n) is 4.98. The fourth-order valence-corrected chi connectivity index (χ4v) is 4.96. The van der Waals surface area contributed by atoms with Crippen molar-refractivity contribution in [1.82, 2.24) is 14.1 Å². The number of thiophene rings is 1. The number of nitrogens with one attached hydrogen (secondary N) is 2. The number of halogens is 2. The Morgan fingerprint density at radius 3 is 2.79 bits per heavy atom. The van der Waals surface area contributed by atoms with Crippen LogP contribution in [0.15, 0.2) is 51.4 Å². The fourth-order valence-electron chi connectivity index (χ4n) is 3.51. The first-order chi connectivity index (χ1) is 15.9. The summed E-state index contributed by atoms with van der Waals surface area (Å²) in [5.74, 6) is -0.495. The maximum absolute atomic E-state index is 13.5. The molecule has 0 bridgehead atoms. The van der Waals surface area contributed by atoms with Gasteiger partial charge in [0.15, 0.2) is 0 Å². The van der Waals surface area contributed by atoms with E-state index in [1.165, 1.54) is 35.2 Å². The van der Waals surface area contributed by atoms with Gasteiger partial charge in [0.1, 0.15) is 16.2 Å². The van der Waals surface area contributed by atoms with E-state index in [0.717, 1.165) is 15.9 Å². The van der Waals surface area contributed by atoms with Gasteiger partial charge in [-0.05, 0) is 24.3 Å². The summed E-state index contributed by atoms with van der Waals surface area (Å²) in [6, 6.07) is 7.57. The van der Waals surface area contributed by atoms with Crippen LogP contribution in [0.25, 0.3) is 26.3 Å². The maximum atomic E-state index is 13.5. The number of hydrogen-bond donors (Lipinski definition) is 2. The quantitative estimate of drug-likeness (QED) is 0.384. The van der Waals surface area contributed by atoms with Crippen LogP contribution in [-0.2, 0) is 6.54 Å². The summed E-state index contributed by atoms with van der Waals surface area (Å²) in [6.07, 6.45) is 2.70. The SMILES string of the molecule is CNc1c(N=N)cncc1-n1c(=O)c2sc(-c3ccc(F)cc3Cl)cc2n(CCC#N)c1=O. The van der Waals surface area contributed by atoms with Crippen molar-refractivity contribution in [2.24, 2.45) is 5.11 Å². The summed E-state index contributed by atoms with van der Waals surface area (Å²) in [5.41, 5.74) is 7.50. The number of aromatic nitrogens is 3. The van der Waals surface area contributed by atoms with Crippen LogP contribution in [-0.4, -0.2) is 21.2 Å². The molecule has 3 heterocycles. The second-order valence-corrected chi connectivity index (χ2v) is 8.31. The second-order valence-electron chi connectivity index (χ2n) is 6.85. The zero-order valence-corrected chi connectivity index (χ0v) is 18.7. The first-order valence-electron chi connectivity index (χ1n) is 9.56. The smallest absolute Gasteiger partial charge is 0.336 e. The van der Waals surface area contributed by atoms with Crippen LogP contribution in [0.4, 0.5) is 15.8 Å². The standard InChI is InChI=1S/C21H15ClFN7O2S/c1-26-18-14(28-25)9-27-10-16(18)30-20(31)19-15(29(21(30)32)6-2-5-24)8-17(33-19)12-4-3-11(23)7-13(12)22/h3-4,7-10,25H,2,6H2,1H3,(H,26,27). The molecule has 0 saturated carbocycles. The molecule has 166 valence electrons. The van der Waals surface area contributed by atoms with Crippen molar-refractivity contribution in [3.63, 3.8) is 0 Å². The Morgan fingerprint density at radius 1 is 1.33 bits per heavy atom. The number of anilines is 1. The summed E-state index contributed by atoms with van der Waals surface area (Å²) in [4.78, 5) is 31.5. The lowest BCUT2D eigenvalue weighted by atomic mass is 10.2. The van der Waals surface area contributed by atoms with E-state index in [9.17, 15) is 14.0 Å². The molecule has 33 heavy (non-hydrogen) atoms. The third kappa shape index (κ3) is 3.79. The second kappa shape index (κ2) is 8.93. The number of pyridine rings is 1. The van der Waals surface area contributed by atoms with Crippen LogP contribution in [0.1, 0.15) is 6.42 Å². The lowest BCUT2D eigenvalue weighted by Gasteiger charge is -2.14. The molecule has 0 fully saturated rings. The highest BCUT2D eigenvalue weighted by atomic mass is 35.5. The topological polar surface area (TPSA) is 129 Å². The van der Waals surface area contributed by atoms with E-state index < -0.39 is 17.1 Å². The van der Waals surface area contributed by atoms with Gasteiger partial charge in [0.2, 0.25) is 0 Å². The van der Waals surface area contributed by atoms with Gasteiger partial charge < -0.3 is 5.32 Å². The molecular weight excluding hydrogens is 469 g/mol. The van der Waals surface area contributed by atoms with Gasteiger partial charge in [-0.1, -0.05) is 11.6 Å². The summed E-state index contributed by atoms with van der Waals surface area (Å²) in [6.45, 7) is 0.0459. The lowest BCUT2D eigenvalue weighted by Crippen LogP contribution is -2.38. The molecule has 3 aromatic heterocycles. The molecule has 2 N–H and O–H groups in total. The van der Waals surface area contributed by atoms with Crippen molar-refractivity contribution in [2.75, 3.05) is 12.4 Å². The summed E-state index contributed by atoms with van der Waals surface area (Å²) >= 11 is 7.31. The largest absolute Gasteiger partial charge is 0.385 e. The van der Waals surface area contributed by atoms with Crippen molar-refractivity contribution in [3.05, 3.63) is 68.3 Å². The van der Waals surface area contributed by atoms with E-state index in [1.54, 1.807) is 13.1 Å². The van der Waals surface area contributed by atoms with Crippen LogP contribution in [0.3, 0.4) is 0 Å². The van der Waals surface area contributed by atoms with E-state index >= 15 is 0 Å². The van der Waals surface area contributed by atoms with E-state index in [0.29, 0.717) is 16.0 Å². The van der Waals surface area contributed by atoms with Gasteiger partial charge in [-0.15, -0.1) is 11.3 Å². The fraction of sp³-hybridized carbons (Fsp3) is 0.143. The minimum atomic E-state index is -0.669. The molecule has 0 aliphatic rings. The van der Waals surface area contributed by atoms with Crippen LogP contribution >= 0.6 is 22.9 Å². The van der Waals surface area contributed by atoms with Gasteiger partial charge in [-0.2, -0.15) is 10.4 Å². The Kier molecular flexibility index (Phi) is 6.04. The van der Waals surface area contributed by atoms with Crippen molar-refractivity contribution in [2.45, 2.75) is 13.0 Å². The Labute approximate surface area is 194 Å². The highest BCUT2D eigenvalue weighted by Gasteiger charge is 2.21. The molecule has 4 aromatic rings. The number of aryl methyl sites for hydroxylation is 1. The minimum absolute atomic E-state index is 0.0366. The van der Waals surface area contributed by atoms with E-state index in [2.05, 4.69) is 15.4 Å². The molecule has 0 atom stereocenters. The molecule has 4 rings (SSSR count). The molecular formula is C21H15ClFN7O2S. The maximum Gasteiger partial charge on any atom is 0.336 e. The van der Waals surface area contributed by atoms with E-state index in [-0.39, 0.29) is 39.8 Å². The Morgan fingerprint density at radius 2 is 2.12 bits per heavy atom. The zero-order valence-electron chi connectivity index (χ0n) is 17.1. The average Bonchev–Trinajstić information content (AvgIpc) is 3.24. The normalized spacial score (nSPS) is 10.8.